The minimum absolute atomic E-state index is 0.0135. The molecule has 2 heterocycles. The van der Waals surface area contributed by atoms with Crippen LogP contribution in [-0.4, -0.2) is 28.7 Å². The van der Waals surface area contributed by atoms with Gasteiger partial charge < -0.3 is 4.74 Å². The van der Waals surface area contributed by atoms with Crippen molar-refractivity contribution in [1.82, 2.24) is 9.97 Å². The molecular weight excluding hydrogens is 450 g/mol. The molecule has 0 saturated carbocycles. The minimum atomic E-state index is -0.0135. The molecule has 8 heteroatoms. The molecule has 4 aromatic rings. The van der Waals surface area contributed by atoms with Gasteiger partial charge in [0.2, 0.25) is 5.91 Å². The molecule has 2 aromatic carbocycles. The summed E-state index contributed by atoms with van der Waals surface area (Å²) >= 11 is 9.26. The maximum absolute atomic E-state index is 13.3. The zero-order valence-corrected chi connectivity index (χ0v) is 19.4. The highest BCUT2D eigenvalue weighted by molar-refractivity contribution is 8.00. The SMILES string of the molecule is COc1ccc(SCC(=O)N(Cc2ccncc2)c2nc3c(C)c(Cl)ccc3s2)cc1. The highest BCUT2D eigenvalue weighted by Gasteiger charge is 2.21. The van der Waals surface area contributed by atoms with E-state index in [1.807, 2.05) is 55.5 Å². The number of ether oxygens (including phenoxy) is 1. The second-order valence-corrected chi connectivity index (χ2v) is 9.28. The number of fused-ring (bicyclic) bond motifs is 1. The first kappa shape index (κ1) is 21.6. The van der Waals surface area contributed by atoms with Crippen LogP contribution in [0.25, 0.3) is 10.2 Å². The zero-order chi connectivity index (χ0) is 21.8. The quantitative estimate of drug-likeness (QED) is 0.311. The summed E-state index contributed by atoms with van der Waals surface area (Å²) < 4.78 is 6.20. The van der Waals surface area contributed by atoms with Crippen molar-refractivity contribution in [3.05, 3.63) is 77.1 Å². The smallest absolute Gasteiger partial charge is 0.239 e. The Hall–Kier alpha value is -2.61. The van der Waals surface area contributed by atoms with E-state index in [9.17, 15) is 4.79 Å². The van der Waals surface area contributed by atoms with E-state index < -0.39 is 0 Å². The summed E-state index contributed by atoms with van der Waals surface area (Å²) in [5.41, 5.74) is 2.75. The van der Waals surface area contributed by atoms with Crippen molar-refractivity contribution in [2.24, 2.45) is 0 Å². The van der Waals surface area contributed by atoms with Crippen LogP contribution in [0.4, 0.5) is 5.13 Å². The molecule has 0 aliphatic heterocycles. The Morgan fingerprint density at radius 2 is 1.87 bits per heavy atom. The van der Waals surface area contributed by atoms with E-state index in [-0.39, 0.29) is 5.91 Å². The number of hydrogen-bond acceptors (Lipinski definition) is 6. The van der Waals surface area contributed by atoms with Gasteiger partial charge in [-0.25, -0.2) is 4.98 Å². The number of aryl methyl sites for hydroxylation is 1. The number of halogens is 1. The molecular formula is C23H20ClN3O2S2. The number of pyridine rings is 1. The van der Waals surface area contributed by atoms with Crippen molar-refractivity contribution in [3.8, 4) is 5.75 Å². The van der Waals surface area contributed by atoms with Gasteiger partial charge in [0.1, 0.15) is 5.75 Å². The summed E-state index contributed by atoms with van der Waals surface area (Å²) in [4.78, 5) is 24.9. The second kappa shape index (κ2) is 9.68. The van der Waals surface area contributed by atoms with Crippen molar-refractivity contribution in [2.45, 2.75) is 18.4 Å². The Kier molecular flexibility index (Phi) is 6.75. The number of anilines is 1. The van der Waals surface area contributed by atoms with Gasteiger partial charge in [-0.1, -0.05) is 22.9 Å². The van der Waals surface area contributed by atoms with Crippen LogP contribution in [0, 0.1) is 6.92 Å². The molecule has 0 fully saturated rings. The molecule has 0 saturated heterocycles. The first-order valence-corrected chi connectivity index (χ1v) is 11.7. The third-order valence-electron chi connectivity index (χ3n) is 4.78. The van der Waals surface area contributed by atoms with Gasteiger partial charge in [-0.15, -0.1) is 11.8 Å². The maximum Gasteiger partial charge on any atom is 0.239 e. The summed E-state index contributed by atoms with van der Waals surface area (Å²) in [5, 5.41) is 1.34. The third-order valence-corrected chi connectivity index (χ3v) is 7.23. The molecule has 0 N–H and O–H groups in total. The number of thioether (sulfide) groups is 1. The number of nitrogens with zero attached hydrogens (tertiary/aromatic N) is 3. The summed E-state index contributed by atoms with van der Waals surface area (Å²) in [6.45, 7) is 2.37. The van der Waals surface area contributed by atoms with Crippen LogP contribution in [0.3, 0.4) is 0 Å². The van der Waals surface area contributed by atoms with Crippen molar-refractivity contribution < 1.29 is 9.53 Å². The Bertz CT molecular complexity index is 1200. The standard InChI is InChI=1S/C23H20ClN3O2S2/c1-15-19(24)7-8-20-22(15)26-23(31-20)27(13-16-9-11-25-12-10-16)21(28)14-30-18-5-3-17(29-2)4-6-18/h3-12H,13-14H2,1-2H3. The zero-order valence-electron chi connectivity index (χ0n) is 17.0. The fraction of sp³-hybridized carbons (Fsp3) is 0.174. The van der Waals surface area contributed by atoms with Gasteiger partial charge in [0.15, 0.2) is 5.13 Å². The molecule has 158 valence electrons. The van der Waals surface area contributed by atoms with Crippen molar-refractivity contribution in [1.29, 1.82) is 0 Å². The number of carbonyl (C=O) groups is 1. The van der Waals surface area contributed by atoms with Crippen LogP contribution < -0.4 is 9.64 Å². The lowest BCUT2D eigenvalue weighted by molar-refractivity contribution is -0.116. The van der Waals surface area contributed by atoms with Crippen LogP contribution in [0.1, 0.15) is 11.1 Å². The highest BCUT2D eigenvalue weighted by atomic mass is 35.5. The minimum Gasteiger partial charge on any atom is -0.497 e. The molecule has 0 aliphatic rings. The molecule has 0 radical (unpaired) electrons. The van der Waals surface area contributed by atoms with Gasteiger partial charge in [-0.2, -0.15) is 0 Å². The van der Waals surface area contributed by atoms with Gasteiger partial charge in [-0.05, 0) is 66.6 Å². The number of rotatable bonds is 7. The number of aromatic nitrogens is 2. The monoisotopic (exact) mass is 469 g/mol. The van der Waals surface area contributed by atoms with Crippen molar-refractivity contribution in [3.63, 3.8) is 0 Å². The Labute approximate surface area is 194 Å². The number of thiazole rings is 1. The van der Waals surface area contributed by atoms with E-state index in [1.165, 1.54) is 23.1 Å². The molecule has 4 rings (SSSR count). The highest BCUT2D eigenvalue weighted by Crippen LogP contribution is 2.34. The van der Waals surface area contributed by atoms with Gasteiger partial charge in [0.05, 0.1) is 29.6 Å². The average molecular weight is 470 g/mol. The molecule has 2 aromatic heterocycles. The molecule has 1 amide bonds. The lowest BCUT2D eigenvalue weighted by atomic mass is 10.2. The third kappa shape index (κ3) is 5.01. The predicted octanol–water partition coefficient (Wildman–Crippen LogP) is 5.99. The second-order valence-electron chi connectivity index (χ2n) is 6.82. The van der Waals surface area contributed by atoms with E-state index in [4.69, 9.17) is 21.3 Å². The molecule has 0 spiro atoms. The fourth-order valence-electron chi connectivity index (χ4n) is 3.03. The van der Waals surface area contributed by atoms with Crippen molar-refractivity contribution >= 4 is 56.0 Å². The number of hydrogen-bond donors (Lipinski definition) is 0. The number of methoxy groups -OCH3 is 1. The van der Waals surface area contributed by atoms with Gasteiger partial charge in [-0.3, -0.25) is 14.7 Å². The van der Waals surface area contributed by atoms with Crippen molar-refractivity contribution in [2.75, 3.05) is 17.8 Å². The fourth-order valence-corrected chi connectivity index (χ4v) is 5.00. The van der Waals surface area contributed by atoms with E-state index >= 15 is 0 Å². The Balaban J connectivity index is 1.60. The Morgan fingerprint density at radius 1 is 1.13 bits per heavy atom. The van der Waals surface area contributed by atoms with Gasteiger partial charge >= 0.3 is 0 Å². The predicted molar refractivity (Wildman–Crippen MR) is 129 cm³/mol. The lowest BCUT2D eigenvalue weighted by Crippen LogP contribution is -2.31. The maximum atomic E-state index is 13.3. The summed E-state index contributed by atoms with van der Waals surface area (Å²) in [7, 11) is 1.63. The average Bonchev–Trinajstić information content (AvgIpc) is 3.24. The van der Waals surface area contributed by atoms with Crippen LogP contribution in [0.2, 0.25) is 5.02 Å². The number of benzene rings is 2. The van der Waals surface area contributed by atoms with Crippen LogP contribution in [0.5, 0.6) is 5.75 Å². The first-order chi connectivity index (χ1) is 15.0. The van der Waals surface area contributed by atoms with Crippen LogP contribution in [0.15, 0.2) is 65.8 Å². The molecule has 0 bridgehead atoms. The molecule has 0 atom stereocenters. The lowest BCUT2D eigenvalue weighted by Gasteiger charge is -2.20. The molecule has 5 nitrogen and oxygen atoms in total. The van der Waals surface area contributed by atoms with Crippen LogP contribution in [-0.2, 0) is 11.3 Å². The summed E-state index contributed by atoms with van der Waals surface area (Å²) in [6.07, 6.45) is 3.46. The Morgan fingerprint density at radius 3 is 2.58 bits per heavy atom. The van der Waals surface area contributed by atoms with E-state index in [1.54, 1.807) is 24.4 Å². The number of amides is 1. The van der Waals surface area contributed by atoms with E-state index in [2.05, 4.69) is 4.98 Å². The number of carbonyl (C=O) groups excluding carboxylic acids is 1. The van der Waals surface area contributed by atoms with Gasteiger partial charge in [0, 0.05) is 22.3 Å². The molecule has 0 aliphatic carbocycles. The summed E-state index contributed by atoms with van der Waals surface area (Å²) in [6, 6.07) is 15.3. The topological polar surface area (TPSA) is 55.3 Å². The largest absolute Gasteiger partial charge is 0.497 e. The van der Waals surface area contributed by atoms with E-state index in [0.29, 0.717) is 22.5 Å². The normalized spacial score (nSPS) is 10.9. The van der Waals surface area contributed by atoms with Crippen LogP contribution >= 0.6 is 34.7 Å². The van der Waals surface area contributed by atoms with Gasteiger partial charge in [0.25, 0.3) is 0 Å². The first-order valence-electron chi connectivity index (χ1n) is 9.57. The summed E-state index contributed by atoms with van der Waals surface area (Å²) in [5.74, 6) is 1.08. The molecule has 31 heavy (non-hydrogen) atoms. The molecule has 0 unspecified atom stereocenters. The van der Waals surface area contributed by atoms with E-state index in [0.717, 1.165) is 32.0 Å².